The summed E-state index contributed by atoms with van der Waals surface area (Å²) in [5.74, 6) is 0. The van der Waals surface area contributed by atoms with Crippen molar-refractivity contribution < 1.29 is 0 Å². The normalized spacial score (nSPS) is 20.3. The fraction of sp³-hybridized carbons (Fsp3) is 0.333. The Morgan fingerprint density at radius 3 is 3.22 bits per heavy atom. The minimum absolute atomic E-state index is 1.02. The second-order valence-electron chi connectivity index (χ2n) is 1.71. The zero-order valence-electron chi connectivity index (χ0n) is 5.33. The summed E-state index contributed by atoms with van der Waals surface area (Å²) in [6.45, 7) is 2.08. The van der Waals surface area contributed by atoms with Crippen molar-refractivity contribution in [2.75, 3.05) is 0 Å². The van der Waals surface area contributed by atoms with E-state index in [1.165, 1.54) is 0 Å². The van der Waals surface area contributed by atoms with Crippen LogP contribution in [-0.4, -0.2) is 0 Å². The lowest BCUT2D eigenvalue weighted by molar-refractivity contribution is 0.806. The van der Waals surface area contributed by atoms with Gasteiger partial charge in [0.1, 0.15) is 0 Å². The number of rotatable bonds is 1. The van der Waals surface area contributed by atoms with Crippen molar-refractivity contribution >= 4 is 0 Å². The van der Waals surface area contributed by atoms with Crippen LogP contribution in [0, 0.1) is 0 Å². The molecular formula is C6H9N3. The largest absolute Gasteiger partial charge is 0.260 e. The highest BCUT2D eigenvalue weighted by Crippen LogP contribution is 1.99. The van der Waals surface area contributed by atoms with E-state index in [0.717, 1.165) is 12.1 Å². The van der Waals surface area contributed by atoms with Crippen molar-refractivity contribution in [1.82, 2.24) is 5.43 Å². The number of hydrogen-bond acceptors (Lipinski definition) is 3. The van der Waals surface area contributed by atoms with Crippen LogP contribution in [-0.2, 0) is 0 Å². The summed E-state index contributed by atoms with van der Waals surface area (Å²) >= 11 is 0. The fourth-order valence-electron chi connectivity index (χ4n) is 0.604. The summed E-state index contributed by atoms with van der Waals surface area (Å²) in [5, 5.41) is 7.20. The molecule has 9 heavy (non-hydrogen) atoms. The fourth-order valence-corrected chi connectivity index (χ4v) is 0.604. The summed E-state index contributed by atoms with van der Waals surface area (Å²) in [7, 11) is 0. The van der Waals surface area contributed by atoms with Gasteiger partial charge in [-0.2, -0.15) is 0 Å². The van der Waals surface area contributed by atoms with Gasteiger partial charge in [0, 0.05) is 0 Å². The maximum atomic E-state index is 3.60. The summed E-state index contributed by atoms with van der Waals surface area (Å²) in [4.78, 5) is 0. The van der Waals surface area contributed by atoms with E-state index < -0.39 is 0 Å². The Morgan fingerprint density at radius 2 is 2.67 bits per heavy atom. The van der Waals surface area contributed by atoms with Crippen LogP contribution in [0.25, 0.3) is 0 Å². The molecule has 0 spiro atoms. The van der Waals surface area contributed by atoms with Crippen LogP contribution >= 0.6 is 0 Å². The SMILES string of the molecule is CCC=C1C=CN=NN1. The topological polar surface area (TPSA) is 36.8 Å². The lowest BCUT2D eigenvalue weighted by Crippen LogP contribution is -2.03. The van der Waals surface area contributed by atoms with Crippen LogP contribution in [0.2, 0.25) is 0 Å². The second kappa shape index (κ2) is 3.02. The van der Waals surface area contributed by atoms with Gasteiger partial charge in [-0.25, -0.2) is 0 Å². The van der Waals surface area contributed by atoms with Gasteiger partial charge in [0.25, 0.3) is 0 Å². The van der Waals surface area contributed by atoms with E-state index in [0.29, 0.717) is 0 Å². The van der Waals surface area contributed by atoms with Crippen molar-refractivity contribution in [3.63, 3.8) is 0 Å². The quantitative estimate of drug-likeness (QED) is 0.566. The molecule has 1 aliphatic heterocycles. The molecule has 3 nitrogen and oxygen atoms in total. The molecular weight excluding hydrogens is 114 g/mol. The van der Waals surface area contributed by atoms with E-state index in [1.54, 1.807) is 6.20 Å². The Kier molecular flexibility index (Phi) is 2.01. The summed E-state index contributed by atoms with van der Waals surface area (Å²) in [5.41, 5.74) is 3.77. The third-order valence-electron chi connectivity index (χ3n) is 0.982. The van der Waals surface area contributed by atoms with Crippen LogP contribution in [0.3, 0.4) is 0 Å². The molecule has 0 saturated carbocycles. The van der Waals surface area contributed by atoms with Gasteiger partial charge in [-0.1, -0.05) is 18.2 Å². The number of allylic oxidation sites excluding steroid dienone is 2. The lowest BCUT2D eigenvalue weighted by Gasteiger charge is -2.00. The first-order chi connectivity index (χ1) is 4.43. The molecule has 3 heteroatoms. The third kappa shape index (κ3) is 1.68. The molecule has 0 aliphatic carbocycles. The molecule has 0 aromatic heterocycles. The van der Waals surface area contributed by atoms with Crippen molar-refractivity contribution in [2.24, 2.45) is 10.3 Å². The highest BCUT2D eigenvalue weighted by atomic mass is 15.4. The van der Waals surface area contributed by atoms with E-state index in [-0.39, 0.29) is 0 Å². The van der Waals surface area contributed by atoms with E-state index in [4.69, 9.17) is 0 Å². The first-order valence-electron chi connectivity index (χ1n) is 2.96. The molecule has 48 valence electrons. The smallest absolute Gasteiger partial charge is 0.0555 e. The van der Waals surface area contributed by atoms with Crippen LogP contribution in [0.15, 0.2) is 34.4 Å². The molecule has 0 bridgehead atoms. The van der Waals surface area contributed by atoms with E-state index in [1.807, 2.05) is 6.08 Å². The van der Waals surface area contributed by atoms with Gasteiger partial charge in [-0.15, -0.1) is 5.11 Å². The maximum Gasteiger partial charge on any atom is 0.0555 e. The minimum Gasteiger partial charge on any atom is -0.260 e. The molecule has 1 heterocycles. The molecule has 0 radical (unpaired) electrons. The van der Waals surface area contributed by atoms with Crippen molar-refractivity contribution in [1.29, 1.82) is 0 Å². The number of nitrogens with zero attached hydrogens (tertiary/aromatic N) is 2. The minimum atomic E-state index is 1.02. The second-order valence-corrected chi connectivity index (χ2v) is 1.71. The molecule has 0 atom stereocenters. The predicted molar refractivity (Wildman–Crippen MR) is 35.5 cm³/mol. The van der Waals surface area contributed by atoms with Gasteiger partial charge in [-0.3, -0.25) is 5.43 Å². The Morgan fingerprint density at radius 1 is 1.78 bits per heavy atom. The molecule has 0 amide bonds. The molecule has 1 rings (SSSR count). The highest BCUT2D eigenvalue weighted by Gasteiger charge is 1.89. The van der Waals surface area contributed by atoms with Gasteiger partial charge < -0.3 is 0 Å². The third-order valence-corrected chi connectivity index (χ3v) is 0.982. The molecule has 0 aromatic carbocycles. The monoisotopic (exact) mass is 123 g/mol. The Bertz CT molecular complexity index is 167. The molecule has 0 unspecified atom stereocenters. The van der Waals surface area contributed by atoms with E-state index in [9.17, 15) is 0 Å². The first-order valence-corrected chi connectivity index (χ1v) is 2.96. The summed E-state index contributed by atoms with van der Waals surface area (Å²) in [6.07, 6.45) is 6.62. The lowest BCUT2D eigenvalue weighted by atomic mass is 10.3. The molecule has 0 aromatic rings. The molecule has 0 fully saturated rings. The van der Waals surface area contributed by atoms with Gasteiger partial charge in [0.2, 0.25) is 0 Å². The van der Waals surface area contributed by atoms with Gasteiger partial charge in [0.15, 0.2) is 0 Å². The molecule has 0 saturated heterocycles. The van der Waals surface area contributed by atoms with Crippen molar-refractivity contribution in [3.05, 3.63) is 24.0 Å². The van der Waals surface area contributed by atoms with Gasteiger partial charge in [0.05, 0.1) is 11.9 Å². The maximum absolute atomic E-state index is 3.60. The van der Waals surface area contributed by atoms with Crippen molar-refractivity contribution in [3.8, 4) is 0 Å². The van der Waals surface area contributed by atoms with Crippen LogP contribution in [0.1, 0.15) is 13.3 Å². The Labute approximate surface area is 54.1 Å². The summed E-state index contributed by atoms with van der Waals surface area (Å²) < 4.78 is 0. The average molecular weight is 123 g/mol. The van der Waals surface area contributed by atoms with Gasteiger partial charge >= 0.3 is 0 Å². The zero-order valence-corrected chi connectivity index (χ0v) is 5.33. The Balaban J connectivity index is 2.55. The van der Waals surface area contributed by atoms with Crippen LogP contribution < -0.4 is 5.43 Å². The van der Waals surface area contributed by atoms with Crippen molar-refractivity contribution in [2.45, 2.75) is 13.3 Å². The van der Waals surface area contributed by atoms with Gasteiger partial charge in [-0.05, 0) is 12.5 Å². The predicted octanol–water partition coefficient (Wildman–Crippen LogP) is 1.76. The summed E-state index contributed by atoms with van der Waals surface area (Å²) in [6, 6.07) is 0. The van der Waals surface area contributed by atoms with Crippen LogP contribution in [0.5, 0.6) is 0 Å². The number of hydrogen-bond donors (Lipinski definition) is 1. The van der Waals surface area contributed by atoms with E-state index in [2.05, 4.69) is 28.8 Å². The first kappa shape index (κ1) is 6.01. The molecule has 1 aliphatic rings. The standard InChI is InChI=1S/C6H9N3/c1-2-3-6-4-5-7-9-8-6/h3-5H,2H2,1H3,(H,7,8). The molecule has 1 N–H and O–H groups in total. The van der Waals surface area contributed by atoms with Crippen LogP contribution in [0.4, 0.5) is 0 Å². The highest BCUT2D eigenvalue weighted by molar-refractivity contribution is 5.16. The zero-order chi connectivity index (χ0) is 6.53. The van der Waals surface area contributed by atoms with E-state index >= 15 is 0 Å². The number of nitrogens with one attached hydrogen (secondary N) is 1. The average Bonchev–Trinajstić information content (AvgIpc) is 1.91. The Hall–Kier alpha value is -1.12.